The molecule has 16 heteroatoms. The maximum atomic E-state index is 12.9. The van der Waals surface area contributed by atoms with Crippen molar-refractivity contribution in [3.8, 4) is 0 Å². The number of hydrogen-bond acceptors (Lipinski definition) is 6. The van der Waals surface area contributed by atoms with E-state index in [-0.39, 0.29) is 24.3 Å². The maximum Gasteiger partial charge on any atom is 0.416 e. The maximum absolute atomic E-state index is 12.9. The quantitative estimate of drug-likeness (QED) is 0.402. The van der Waals surface area contributed by atoms with Gasteiger partial charge in [0.25, 0.3) is 21.4 Å². The second-order valence-corrected chi connectivity index (χ2v) is 7.22. The highest BCUT2D eigenvalue weighted by Gasteiger charge is 2.38. The van der Waals surface area contributed by atoms with E-state index in [1.165, 1.54) is 4.72 Å². The van der Waals surface area contributed by atoms with Crippen LogP contribution in [0.3, 0.4) is 0 Å². The van der Waals surface area contributed by atoms with E-state index < -0.39 is 65.3 Å². The van der Waals surface area contributed by atoms with E-state index in [1.54, 1.807) is 0 Å². The van der Waals surface area contributed by atoms with Gasteiger partial charge in [-0.15, -0.1) is 0 Å². The summed E-state index contributed by atoms with van der Waals surface area (Å²) in [6, 6.07) is 1.15. The summed E-state index contributed by atoms with van der Waals surface area (Å²) in [5, 5.41) is 21.8. The molecule has 9 nitrogen and oxygen atoms in total. The van der Waals surface area contributed by atoms with Crippen LogP contribution in [0.2, 0.25) is 0 Å². The Morgan fingerprint density at radius 1 is 0.800 bits per heavy atom. The average Bonchev–Trinajstić information content (AvgIpc) is 2.58. The predicted molar refractivity (Wildman–Crippen MR) is 87.0 cm³/mol. The third kappa shape index (κ3) is 4.94. The number of rotatable bonds is 5. The molecule has 2 rings (SSSR count). The van der Waals surface area contributed by atoms with Crippen molar-refractivity contribution in [2.45, 2.75) is 17.2 Å². The molecule has 0 aliphatic carbocycles. The number of benzene rings is 2. The van der Waals surface area contributed by atoms with Gasteiger partial charge in [-0.1, -0.05) is 0 Å². The van der Waals surface area contributed by atoms with Crippen molar-refractivity contribution in [2.75, 3.05) is 4.72 Å². The van der Waals surface area contributed by atoms with Crippen molar-refractivity contribution >= 4 is 27.1 Å². The Morgan fingerprint density at radius 2 is 1.30 bits per heavy atom. The SMILES string of the molecule is O=[N+]([O-])c1ccc(S(=O)(=O)Nc2cc(C(F)(F)F)cc(C(F)(F)F)c2)c([N+](=O)[O-])c1. The molecular weight excluding hydrogens is 452 g/mol. The van der Waals surface area contributed by atoms with Gasteiger partial charge >= 0.3 is 12.4 Å². The van der Waals surface area contributed by atoms with Crippen LogP contribution in [0.5, 0.6) is 0 Å². The van der Waals surface area contributed by atoms with Gasteiger partial charge in [-0.3, -0.25) is 25.0 Å². The number of nitrogens with one attached hydrogen (secondary N) is 1. The van der Waals surface area contributed by atoms with Crippen LogP contribution < -0.4 is 4.72 Å². The molecule has 0 saturated carbocycles. The first-order valence-corrected chi connectivity index (χ1v) is 8.76. The molecule has 162 valence electrons. The molecular formula is C14H7F6N3O6S. The zero-order chi connectivity index (χ0) is 23.1. The van der Waals surface area contributed by atoms with E-state index in [2.05, 4.69) is 0 Å². The number of sulfonamides is 1. The number of anilines is 1. The highest BCUT2D eigenvalue weighted by atomic mass is 32.2. The minimum Gasteiger partial charge on any atom is -0.279 e. The van der Waals surface area contributed by atoms with Gasteiger partial charge in [-0.25, -0.2) is 8.42 Å². The summed E-state index contributed by atoms with van der Waals surface area (Å²) in [7, 11) is -5.10. The standard InChI is InChI=1S/C14H7F6N3O6S/c15-13(16,17)7-3-8(14(18,19)20)5-9(4-7)21-30(28,29)12-2-1-10(22(24)25)6-11(12)23(26)27/h1-6,21H. The van der Waals surface area contributed by atoms with Crippen molar-refractivity contribution in [2.24, 2.45) is 0 Å². The van der Waals surface area contributed by atoms with E-state index in [1.807, 2.05) is 0 Å². The molecule has 0 radical (unpaired) electrons. The Morgan fingerprint density at radius 3 is 1.70 bits per heavy atom. The first-order chi connectivity index (χ1) is 13.5. The lowest BCUT2D eigenvalue weighted by molar-refractivity contribution is -0.396. The Hall–Kier alpha value is -3.43. The molecule has 0 aliphatic rings. The van der Waals surface area contributed by atoms with Crippen molar-refractivity contribution in [1.82, 2.24) is 0 Å². The number of hydrogen-bond donors (Lipinski definition) is 1. The molecule has 1 N–H and O–H groups in total. The monoisotopic (exact) mass is 459 g/mol. The predicted octanol–water partition coefficient (Wildman–Crippen LogP) is 4.34. The highest BCUT2D eigenvalue weighted by Crippen LogP contribution is 2.38. The Labute approximate surface area is 162 Å². The summed E-state index contributed by atoms with van der Waals surface area (Å²) in [5.74, 6) is 0. The number of alkyl halides is 6. The van der Waals surface area contributed by atoms with Crippen LogP contribution >= 0.6 is 0 Å². The lowest BCUT2D eigenvalue weighted by Gasteiger charge is -2.15. The van der Waals surface area contributed by atoms with Crippen molar-refractivity contribution in [3.05, 3.63) is 67.8 Å². The largest absolute Gasteiger partial charge is 0.416 e. The fourth-order valence-corrected chi connectivity index (χ4v) is 3.41. The fourth-order valence-electron chi connectivity index (χ4n) is 2.21. The number of halogens is 6. The molecule has 0 atom stereocenters. The molecule has 30 heavy (non-hydrogen) atoms. The van der Waals surface area contributed by atoms with E-state index in [4.69, 9.17) is 0 Å². The molecule has 0 bridgehead atoms. The first kappa shape index (κ1) is 22.9. The normalized spacial score (nSPS) is 12.5. The average molecular weight is 459 g/mol. The van der Waals surface area contributed by atoms with Gasteiger partial charge in [-0.05, 0) is 24.3 Å². The van der Waals surface area contributed by atoms with Crippen LogP contribution in [0.1, 0.15) is 11.1 Å². The lowest BCUT2D eigenvalue weighted by Crippen LogP contribution is -2.17. The van der Waals surface area contributed by atoms with E-state index in [0.29, 0.717) is 12.1 Å². The van der Waals surface area contributed by atoms with Crippen LogP contribution in [0.4, 0.5) is 43.4 Å². The topological polar surface area (TPSA) is 132 Å². The van der Waals surface area contributed by atoms with Gasteiger partial charge in [0.1, 0.15) is 0 Å². The van der Waals surface area contributed by atoms with Crippen molar-refractivity contribution in [3.63, 3.8) is 0 Å². The molecule has 0 amide bonds. The Bertz CT molecular complexity index is 1100. The second kappa shape index (κ2) is 7.43. The van der Waals surface area contributed by atoms with Gasteiger partial charge in [0.15, 0.2) is 4.90 Å². The van der Waals surface area contributed by atoms with E-state index in [9.17, 15) is 55.0 Å². The summed E-state index contributed by atoms with van der Waals surface area (Å²) in [5.41, 5.74) is -7.00. The molecule has 0 unspecified atom stereocenters. The molecule has 2 aromatic rings. The molecule has 0 fully saturated rings. The Kier molecular flexibility index (Phi) is 5.66. The van der Waals surface area contributed by atoms with Gasteiger partial charge < -0.3 is 0 Å². The smallest absolute Gasteiger partial charge is 0.279 e. The van der Waals surface area contributed by atoms with Crippen molar-refractivity contribution in [1.29, 1.82) is 0 Å². The molecule has 0 saturated heterocycles. The number of non-ortho nitro benzene ring substituents is 1. The lowest BCUT2D eigenvalue weighted by atomic mass is 10.1. The number of nitro benzene ring substituents is 2. The van der Waals surface area contributed by atoms with Crippen LogP contribution in [0.15, 0.2) is 41.3 Å². The fraction of sp³-hybridized carbons (Fsp3) is 0.143. The van der Waals surface area contributed by atoms with Gasteiger partial charge in [-0.2, -0.15) is 26.3 Å². The van der Waals surface area contributed by atoms with Gasteiger partial charge in [0.2, 0.25) is 0 Å². The van der Waals surface area contributed by atoms with Gasteiger partial charge in [0, 0.05) is 6.07 Å². The van der Waals surface area contributed by atoms with Gasteiger partial charge in [0.05, 0.1) is 32.7 Å². The number of nitrogens with zero attached hydrogens (tertiary/aromatic N) is 2. The third-order valence-electron chi connectivity index (χ3n) is 3.48. The second-order valence-electron chi connectivity index (χ2n) is 5.57. The molecule has 2 aromatic carbocycles. The molecule has 0 spiro atoms. The number of nitro groups is 2. The van der Waals surface area contributed by atoms with Crippen LogP contribution in [0.25, 0.3) is 0 Å². The summed E-state index contributed by atoms with van der Waals surface area (Å²) in [6.07, 6.45) is -10.5. The van der Waals surface area contributed by atoms with E-state index in [0.717, 1.165) is 0 Å². The summed E-state index contributed by atoms with van der Waals surface area (Å²) in [6.45, 7) is 0. The minimum atomic E-state index is -5.26. The minimum absolute atomic E-state index is 0.0595. The zero-order valence-electron chi connectivity index (χ0n) is 14.0. The summed E-state index contributed by atoms with van der Waals surface area (Å²) >= 11 is 0. The third-order valence-corrected chi connectivity index (χ3v) is 4.91. The summed E-state index contributed by atoms with van der Waals surface area (Å²) < 4.78 is 103. The van der Waals surface area contributed by atoms with E-state index >= 15 is 0 Å². The van der Waals surface area contributed by atoms with Crippen LogP contribution in [-0.4, -0.2) is 18.3 Å². The zero-order valence-corrected chi connectivity index (χ0v) is 14.8. The molecule has 0 aromatic heterocycles. The summed E-state index contributed by atoms with van der Waals surface area (Å²) in [4.78, 5) is 18.2. The molecule has 0 heterocycles. The Balaban J connectivity index is 2.62. The first-order valence-electron chi connectivity index (χ1n) is 7.27. The van der Waals surface area contributed by atoms with Crippen LogP contribution in [0, 0.1) is 20.2 Å². The highest BCUT2D eigenvalue weighted by molar-refractivity contribution is 7.92. The van der Waals surface area contributed by atoms with Crippen LogP contribution in [-0.2, 0) is 22.4 Å². The van der Waals surface area contributed by atoms with Crippen molar-refractivity contribution < 1.29 is 44.6 Å². The molecule has 0 aliphatic heterocycles.